The first kappa shape index (κ1) is 96.5. The fourth-order valence-electron chi connectivity index (χ4n) is 12.6. The Hall–Kier alpha value is -6.60. The molecule has 0 aromatic carbocycles. The third-order valence-corrected chi connectivity index (χ3v) is 20.7. The van der Waals surface area contributed by atoms with Gasteiger partial charge in [0.25, 0.3) is 0 Å². The molecule has 4 atom stereocenters. The molecule has 4 unspecified atom stereocenters. The molecule has 0 aliphatic rings. The zero-order chi connectivity index (χ0) is 80.5. The first-order valence-electron chi connectivity index (χ1n) is 38.9. The van der Waals surface area contributed by atoms with E-state index in [2.05, 4.69) is 60.4 Å². The number of amides is 5. The number of rotatable bonds is 61. The highest BCUT2D eigenvalue weighted by Gasteiger charge is 2.45. The summed E-state index contributed by atoms with van der Waals surface area (Å²) in [5, 5.41) is 9.31. The van der Waals surface area contributed by atoms with Crippen LogP contribution in [0.5, 0.6) is 0 Å². The lowest BCUT2D eigenvalue weighted by Crippen LogP contribution is -2.45. The Bertz CT molecular complexity index is 2930. The number of aromatic amines is 2. The summed E-state index contributed by atoms with van der Waals surface area (Å²) in [7, 11) is 22.3. The average Bonchev–Trinajstić information content (AvgIpc) is 1.13. The van der Waals surface area contributed by atoms with Crippen molar-refractivity contribution in [3.05, 3.63) is 36.4 Å². The molecule has 2 aromatic heterocycles. The number of Topliss-reactive ketones (excluding diaryl/α,β-unsaturated/α-hetero) is 3. The number of carbonyl (C=O) groups excluding carboxylic acids is 10. The molecule has 0 fully saturated rings. The van der Waals surface area contributed by atoms with Gasteiger partial charge in [0.1, 0.15) is 29.0 Å². The summed E-state index contributed by atoms with van der Waals surface area (Å²) in [6, 6.07) is 0. The molecular weight excluding hydrogens is 1370 g/mol. The number of hydrogen-bond donors (Lipinski definition) is 5. The summed E-state index contributed by atoms with van der Waals surface area (Å²) in [5.41, 5.74) is -3.80. The van der Waals surface area contributed by atoms with Crippen LogP contribution in [0.25, 0.3) is 0 Å². The van der Waals surface area contributed by atoms with Crippen LogP contribution in [-0.2, 0) is 70.3 Å². The summed E-state index contributed by atoms with van der Waals surface area (Å²) >= 11 is 0. The van der Waals surface area contributed by atoms with E-state index >= 15 is 14.4 Å². The van der Waals surface area contributed by atoms with Gasteiger partial charge in [0.15, 0.2) is 0 Å². The number of unbranched alkanes of at least 4 members (excludes halogenated alkanes) is 1. The Morgan fingerprint density at radius 1 is 0.430 bits per heavy atom. The van der Waals surface area contributed by atoms with E-state index < -0.39 is 39.9 Å². The molecule has 0 aliphatic carbocycles. The van der Waals surface area contributed by atoms with E-state index in [1.165, 1.54) is 0 Å². The molecule has 5 N–H and O–H groups in total. The van der Waals surface area contributed by atoms with E-state index in [0.717, 1.165) is 50.7 Å². The van der Waals surface area contributed by atoms with Crippen molar-refractivity contribution in [3.63, 3.8) is 0 Å². The number of esters is 2. The second-order valence-electron chi connectivity index (χ2n) is 31.8. The lowest BCUT2D eigenvalue weighted by Gasteiger charge is -2.37. The molecule has 29 nitrogen and oxygen atoms in total. The number of ether oxygens (including phenoxy) is 2. The molecule has 2 rings (SSSR count). The van der Waals surface area contributed by atoms with Crippen LogP contribution >= 0.6 is 0 Å². The Balaban J connectivity index is 2.50. The number of aromatic nitrogens is 4. The number of carbonyl (C=O) groups is 10. The maximum atomic E-state index is 15.9. The van der Waals surface area contributed by atoms with Gasteiger partial charge < -0.3 is 84.4 Å². The molecule has 0 saturated heterocycles. The lowest BCUT2D eigenvalue weighted by atomic mass is 9.67. The summed E-state index contributed by atoms with van der Waals surface area (Å²) < 4.78 is 10.8. The average molecular weight is 1510 g/mol. The fourth-order valence-corrected chi connectivity index (χ4v) is 12.6. The van der Waals surface area contributed by atoms with Crippen LogP contribution < -0.4 is 16.0 Å². The van der Waals surface area contributed by atoms with Gasteiger partial charge in [-0.05, 0) is 88.5 Å². The molecule has 0 saturated carbocycles. The van der Waals surface area contributed by atoms with Crippen LogP contribution in [0.15, 0.2) is 24.8 Å². The quantitative estimate of drug-likeness (QED) is 0.0462. The lowest BCUT2D eigenvalue weighted by molar-refractivity contribution is -0.145. The van der Waals surface area contributed by atoms with Gasteiger partial charge in [-0.3, -0.25) is 47.9 Å². The van der Waals surface area contributed by atoms with E-state index in [4.69, 9.17) is 9.47 Å². The van der Waals surface area contributed by atoms with Crippen molar-refractivity contribution in [3.8, 4) is 0 Å². The van der Waals surface area contributed by atoms with E-state index in [-0.39, 0.29) is 130 Å². The monoisotopic (exact) mass is 1510 g/mol. The van der Waals surface area contributed by atoms with E-state index in [0.29, 0.717) is 117 Å². The summed E-state index contributed by atoms with van der Waals surface area (Å²) in [4.78, 5) is 176. The molecule has 0 radical (unpaired) electrons. The van der Waals surface area contributed by atoms with Gasteiger partial charge >= 0.3 is 11.9 Å². The second-order valence-corrected chi connectivity index (χ2v) is 31.8. The molecule has 0 aliphatic heterocycles. The summed E-state index contributed by atoms with van der Waals surface area (Å²) in [5.74, 6) is -4.97. The molecule has 2 aromatic rings. The molecular formula is C78H143N17O12. The van der Waals surface area contributed by atoms with Gasteiger partial charge in [-0.25, -0.2) is 9.97 Å². The predicted molar refractivity (Wildman–Crippen MR) is 420 cm³/mol. The smallest absolute Gasteiger partial charge is 0.307 e. The maximum Gasteiger partial charge on any atom is 0.307 e. The van der Waals surface area contributed by atoms with Crippen molar-refractivity contribution in [2.24, 2.45) is 39.9 Å². The van der Waals surface area contributed by atoms with Gasteiger partial charge in [-0.15, -0.1) is 0 Å². The number of nitrogens with zero attached hydrogens (tertiary/aromatic N) is 12. The number of likely N-dealkylation sites (N-methyl/N-ethyl adjacent to an activating group) is 12. The molecule has 612 valence electrons. The number of ketones is 3. The Morgan fingerprint density at radius 2 is 0.785 bits per heavy atom. The van der Waals surface area contributed by atoms with Crippen molar-refractivity contribution in [1.82, 2.24) is 84.9 Å². The standard InChI is InChI=1S/C78H143N17O12/c1-21-23-28-85-73(103)62(56-69(99)93(18)47-43-88(13)37-33-79-9)58-77(5,6)65(97)54-63(75(105)95(20)49-45-89(14)38-34-80-10)59-78(7,8)72(102)61(55-68(98)92(17)48-44-90(15)41-39-86(11)35-24-70(100)106-51-26-66-81-29-30-82-66)57-76(3,4)64(96)53-60(22-2)74(104)94(19)50-46-91(16)42-40-87(12)36-25-71(101)107-52-27-67-83-31-32-84-67/h29-32,60-63,79-80H,21-28,33-59H2,1-20H3,(H,81,82)(H,83,84)(H,85,103). The van der Waals surface area contributed by atoms with Crippen LogP contribution in [0.2, 0.25) is 0 Å². The van der Waals surface area contributed by atoms with Crippen LogP contribution in [0.4, 0.5) is 0 Å². The zero-order valence-electron chi connectivity index (χ0n) is 69.6. The highest BCUT2D eigenvalue weighted by molar-refractivity contribution is 5.95. The minimum Gasteiger partial charge on any atom is -0.465 e. The Morgan fingerprint density at radius 3 is 1.18 bits per heavy atom. The van der Waals surface area contributed by atoms with E-state index in [1.54, 1.807) is 114 Å². The van der Waals surface area contributed by atoms with Gasteiger partial charge in [-0.2, -0.15) is 0 Å². The second kappa shape index (κ2) is 51.0. The largest absolute Gasteiger partial charge is 0.465 e. The van der Waals surface area contributed by atoms with Crippen molar-refractivity contribution >= 4 is 58.8 Å². The third kappa shape index (κ3) is 39.0. The third-order valence-electron chi connectivity index (χ3n) is 20.7. The van der Waals surface area contributed by atoms with Crippen LogP contribution in [0, 0.1) is 39.9 Å². The molecule has 2 heterocycles. The normalized spacial score (nSPS) is 13.3. The van der Waals surface area contributed by atoms with Gasteiger partial charge in [0.05, 0.1) is 26.1 Å². The molecule has 0 bridgehead atoms. The maximum absolute atomic E-state index is 15.9. The van der Waals surface area contributed by atoms with E-state index in [9.17, 15) is 33.6 Å². The number of hydrogen-bond acceptors (Lipinski definition) is 22. The van der Waals surface area contributed by atoms with Crippen molar-refractivity contribution < 1.29 is 57.4 Å². The van der Waals surface area contributed by atoms with E-state index in [1.807, 2.05) is 75.1 Å². The number of H-pyrrole nitrogens is 2. The van der Waals surface area contributed by atoms with Crippen molar-refractivity contribution in [1.29, 1.82) is 0 Å². The van der Waals surface area contributed by atoms with Crippen molar-refractivity contribution in [2.75, 3.05) is 222 Å². The van der Waals surface area contributed by atoms with Gasteiger partial charge in [0, 0.05) is 256 Å². The van der Waals surface area contributed by atoms with Gasteiger partial charge in [-0.1, -0.05) is 61.8 Å². The minimum atomic E-state index is -1.36. The SMILES string of the molecule is CCCCNC(=O)C(CC(=O)N(C)CCN(C)CCNC)CC(C)(C)C(=O)CC(CC(C)(C)C(=O)C(CC(=O)N(C)CCN(C)CCN(C)CCC(=O)OCCc1ncc[nH]1)CC(C)(C)C(=O)CC(CC)C(=O)N(C)CCN(C)CCN(C)CCC(=O)OCCc1ncc[nH]1)C(=O)N(C)CCN(C)CCNC. The summed E-state index contributed by atoms with van der Waals surface area (Å²) in [6.07, 6.45) is 9.33. The predicted octanol–water partition coefficient (Wildman–Crippen LogP) is 3.96. The number of imidazole rings is 2. The van der Waals surface area contributed by atoms with Crippen LogP contribution in [-0.4, -0.2) is 350 Å². The highest BCUT2D eigenvalue weighted by Crippen LogP contribution is 2.41. The Kier molecular flexibility index (Phi) is 46.0. The van der Waals surface area contributed by atoms with Crippen molar-refractivity contribution in [2.45, 2.75) is 145 Å². The first-order chi connectivity index (χ1) is 50.4. The fraction of sp³-hybridized carbons (Fsp3) is 0.795. The molecule has 5 amide bonds. The van der Waals surface area contributed by atoms with Crippen LogP contribution in [0.1, 0.15) is 144 Å². The van der Waals surface area contributed by atoms with Gasteiger partial charge in [0.2, 0.25) is 29.5 Å². The Labute approximate surface area is 642 Å². The number of nitrogens with one attached hydrogen (secondary N) is 5. The molecule has 0 spiro atoms. The van der Waals surface area contributed by atoms with Crippen LogP contribution in [0.3, 0.4) is 0 Å². The highest BCUT2D eigenvalue weighted by atomic mass is 16.5. The molecule has 107 heavy (non-hydrogen) atoms. The topological polar surface area (TPSA) is 315 Å². The first-order valence-corrected chi connectivity index (χ1v) is 38.9. The minimum absolute atomic E-state index is 0.0235. The molecule has 29 heteroatoms. The zero-order valence-corrected chi connectivity index (χ0v) is 69.6. The summed E-state index contributed by atoms with van der Waals surface area (Å²) in [6.45, 7) is 25.6.